The summed E-state index contributed by atoms with van der Waals surface area (Å²) in [6.07, 6.45) is 21.6. The lowest BCUT2D eigenvalue weighted by atomic mass is 9.89. The number of hydrogen-bond donors (Lipinski definition) is 1. The van der Waals surface area contributed by atoms with Gasteiger partial charge < -0.3 is 10.0 Å². The second kappa shape index (κ2) is 10.5. The van der Waals surface area contributed by atoms with E-state index in [1.807, 2.05) is 20.2 Å². The van der Waals surface area contributed by atoms with Crippen molar-refractivity contribution in [2.24, 2.45) is 17.8 Å². The number of carbonyl (C=O) groups excluding carboxylic acids is 1. The van der Waals surface area contributed by atoms with Crippen LogP contribution in [0.5, 0.6) is 0 Å². The Kier molecular flexibility index (Phi) is 8.37. The second-order valence-electron chi connectivity index (χ2n) is 7.84. The topological polar surface area (TPSA) is 40.5 Å². The molecule has 3 nitrogen and oxygen atoms in total. The Hall–Kier alpha value is -1.61. The summed E-state index contributed by atoms with van der Waals surface area (Å²) in [5.41, 5.74) is 1.53. The molecule has 2 rings (SSSR count). The third kappa shape index (κ3) is 5.98. The van der Waals surface area contributed by atoms with E-state index in [0.717, 1.165) is 38.5 Å². The van der Waals surface area contributed by atoms with E-state index in [0.29, 0.717) is 18.3 Å². The van der Waals surface area contributed by atoms with Crippen molar-refractivity contribution in [3.8, 4) is 0 Å². The lowest BCUT2D eigenvalue weighted by Crippen LogP contribution is -2.21. The van der Waals surface area contributed by atoms with Crippen LogP contribution in [-0.2, 0) is 4.79 Å². The highest BCUT2D eigenvalue weighted by Crippen LogP contribution is 2.48. The molecule has 2 aliphatic rings. The molecule has 144 valence electrons. The Balaban J connectivity index is 1.77. The Labute approximate surface area is 159 Å². The molecule has 2 aliphatic carbocycles. The van der Waals surface area contributed by atoms with E-state index >= 15 is 0 Å². The number of aliphatic hydroxyl groups excluding tert-OH is 1. The van der Waals surface area contributed by atoms with E-state index in [-0.39, 0.29) is 17.9 Å². The van der Waals surface area contributed by atoms with E-state index in [9.17, 15) is 9.90 Å². The van der Waals surface area contributed by atoms with Crippen LogP contribution < -0.4 is 0 Å². The van der Waals surface area contributed by atoms with Gasteiger partial charge in [0.05, 0.1) is 6.10 Å². The highest BCUT2D eigenvalue weighted by Gasteiger charge is 2.42. The number of nitrogens with zero attached hydrogens (tertiary/aromatic N) is 1. The number of amides is 1. The first-order valence-corrected chi connectivity index (χ1v) is 10.1. The molecular weight excluding hydrogens is 322 g/mol. The molecule has 0 aromatic heterocycles. The van der Waals surface area contributed by atoms with Crippen LogP contribution in [0.1, 0.15) is 51.9 Å². The lowest BCUT2D eigenvalue weighted by Gasteiger charge is -2.18. The molecule has 0 aromatic rings. The monoisotopic (exact) mass is 357 g/mol. The molecule has 0 aromatic carbocycles. The number of fused-ring (bicyclic) bond motifs is 1. The van der Waals surface area contributed by atoms with Gasteiger partial charge in [0.2, 0.25) is 5.91 Å². The van der Waals surface area contributed by atoms with Crippen molar-refractivity contribution in [2.75, 3.05) is 14.1 Å². The average molecular weight is 358 g/mol. The zero-order chi connectivity index (χ0) is 18.9. The van der Waals surface area contributed by atoms with E-state index in [2.05, 4.69) is 43.4 Å². The summed E-state index contributed by atoms with van der Waals surface area (Å²) in [7, 11) is 3.63. The largest absolute Gasteiger partial charge is 0.392 e. The predicted octanol–water partition coefficient (Wildman–Crippen LogP) is 4.66. The van der Waals surface area contributed by atoms with Crippen LogP contribution in [0.2, 0.25) is 0 Å². The summed E-state index contributed by atoms with van der Waals surface area (Å²) in [6.45, 7) is 2.13. The Morgan fingerprint density at radius 3 is 2.73 bits per heavy atom. The minimum atomic E-state index is -0.212. The number of unbranched alkanes of at least 4 members (excludes halogenated alkanes) is 1. The molecule has 0 bridgehead atoms. The first kappa shape index (κ1) is 20.7. The van der Waals surface area contributed by atoms with Gasteiger partial charge >= 0.3 is 0 Å². The van der Waals surface area contributed by atoms with E-state index in [1.165, 1.54) is 5.57 Å². The molecule has 0 heterocycles. The van der Waals surface area contributed by atoms with Gasteiger partial charge in [0.15, 0.2) is 0 Å². The molecule has 0 saturated heterocycles. The number of rotatable bonds is 9. The van der Waals surface area contributed by atoms with Crippen molar-refractivity contribution < 1.29 is 9.90 Å². The average Bonchev–Trinajstić information content (AvgIpc) is 3.11. The van der Waals surface area contributed by atoms with Crippen molar-refractivity contribution in [1.82, 2.24) is 4.90 Å². The van der Waals surface area contributed by atoms with Crippen molar-refractivity contribution >= 4 is 5.91 Å². The van der Waals surface area contributed by atoms with Gasteiger partial charge in [-0.2, -0.15) is 0 Å². The van der Waals surface area contributed by atoms with Crippen LogP contribution in [0.3, 0.4) is 0 Å². The van der Waals surface area contributed by atoms with Crippen LogP contribution in [0.15, 0.2) is 48.1 Å². The van der Waals surface area contributed by atoms with Crippen LogP contribution >= 0.6 is 0 Å². The number of aliphatic hydroxyl groups is 1. The Bertz CT molecular complexity index is 571. The van der Waals surface area contributed by atoms with Crippen LogP contribution in [0, 0.1) is 17.8 Å². The maximum Gasteiger partial charge on any atom is 0.222 e. The molecule has 1 fully saturated rings. The van der Waals surface area contributed by atoms with Gasteiger partial charge in [0.1, 0.15) is 0 Å². The summed E-state index contributed by atoms with van der Waals surface area (Å²) in [4.78, 5) is 13.3. The van der Waals surface area contributed by atoms with E-state index in [1.54, 1.807) is 4.90 Å². The van der Waals surface area contributed by atoms with E-state index < -0.39 is 0 Å². The molecule has 4 atom stereocenters. The molecule has 1 saturated carbocycles. The molecule has 0 spiro atoms. The third-order valence-corrected chi connectivity index (χ3v) is 5.63. The predicted molar refractivity (Wildman–Crippen MR) is 109 cm³/mol. The molecular formula is C23H35NO2. The number of allylic oxidation sites excluding steroid dienone is 7. The van der Waals surface area contributed by atoms with Gasteiger partial charge in [0, 0.05) is 26.4 Å². The van der Waals surface area contributed by atoms with Gasteiger partial charge in [-0.15, -0.1) is 0 Å². The summed E-state index contributed by atoms with van der Waals surface area (Å²) in [5.74, 6) is 1.57. The quantitative estimate of drug-likeness (QED) is 0.370. The Morgan fingerprint density at radius 2 is 2.00 bits per heavy atom. The standard InChI is InChI=1S/C23H35NO2/c1-4-5-6-7-8-9-13-20-21-16-18(15-19(21)17-22(20)25)12-10-11-14-23(26)24(2)3/h5-9,13,15,19-22,25H,4,10-12,14,16-17H2,1-3H3/t19-,20+,21-,22+/m0/s1. The van der Waals surface area contributed by atoms with Gasteiger partial charge in [-0.05, 0) is 50.4 Å². The lowest BCUT2D eigenvalue weighted by molar-refractivity contribution is -0.128. The fourth-order valence-corrected chi connectivity index (χ4v) is 4.18. The summed E-state index contributed by atoms with van der Waals surface area (Å²) in [6, 6.07) is 0. The smallest absolute Gasteiger partial charge is 0.222 e. The maximum atomic E-state index is 11.6. The summed E-state index contributed by atoms with van der Waals surface area (Å²) < 4.78 is 0. The number of hydrogen-bond acceptors (Lipinski definition) is 2. The first-order chi connectivity index (χ1) is 12.5. The van der Waals surface area contributed by atoms with Gasteiger partial charge in [-0.25, -0.2) is 0 Å². The molecule has 3 heteroatoms. The second-order valence-corrected chi connectivity index (χ2v) is 7.84. The van der Waals surface area contributed by atoms with Crippen LogP contribution in [-0.4, -0.2) is 36.1 Å². The minimum absolute atomic E-state index is 0.212. The van der Waals surface area contributed by atoms with Crippen molar-refractivity contribution in [1.29, 1.82) is 0 Å². The zero-order valence-corrected chi connectivity index (χ0v) is 16.6. The SMILES string of the molecule is CCC=CC=CC=C[C@@H]1[C@H]2CC(CCCCC(=O)N(C)C)=C[C@H]2C[C@H]1O. The third-order valence-electron chi connectivity index (χ3n) is 5.63. The van der Waals surface area contributed by atoms with Crippen LogP contribution in [0.4, 0.5) is 0 Å². The highest BCUT2D eigenvalue weighted by atomic mass is 16.3. The summed E-state index contributed by atoms with van der Waals surface area (Å²) in [5, 5.41) is 10.4. The normalized spacial score (nSPS) is 28.4. The van der Waals surface area contributed by atoms with Gasteiger partial charge in [0.25, 0.3) is 0 Å². The fourth-order valence-electron chi connectivity index (χ4n) is 4.18. The van der Waals surface area contributed by atoms with Crippen molar-refractivity contribution in [3.63, 3.8) is 0 Å². The van der Waals surface area contributed by atoms with E-state index in [4.69, 9.17) is 0 Å². The van der Waals surface area contributed by atoms with Crippen LogP contribution in [0.25, 0.3) is 0 Å². The first-order valence-electron chi connectivity index (χ1n) is 10.1. The zero-order valence-electron chi connectivity index (χ0n) is 16.6. The van der Waals surface area contributed by atoms with Gasteiger partial charge in [-0.3, -0.25) is 4.79 Å². The summed E-state index contributed by atoms with van der Waals surface area (Å²) >= 11 is 0. The molecule has 26 heavy (non-hydrogen) atoms. The molecule has 1 amide bonds. The molecule has 0 unspecified atom stereocenters. The fraction of sp³-hybridized carbons (Fsp3) is 0.609. The Morgan fingerprint density at radius 1 is 1.23 bits per heavy atom. The maximum absolute atomic E-state index is 11.6. The molecule has 0 aliphatic heterocycles. The molecule has 1 N–H and O–H groups in total. The molecule has 0 radical (unpaired) electrons. The minimum Gasteiger partial charge on any atom is -0.392 e. The van der Waals surface area contributed by atoms with Crippen molar-refractivity contribution in [2.45, 2.75) is 58.0 Å². The highest BCUT2D eigenvalue weighted by molar-refractivity contribution is 5.75. The number of carbonyl (C=O) groups is 1. The van der Waals surface area contributed by atoms with Gasteiger partial charge in [-0.1, -0.05) is 55.0 Å². The van der Waals surface area contributed by atoms with Crippen molar-refractivity contribution in [3.05, 3.63) is 48.1 Å².